The smallest absolute Gasteiger partial charge is 0.273 e. The third-order valence-corrected chi connectivity index (χ3v) is 5.51. The number of thiazole rings is 1. The summed E-state index contributed by atoms with van der Waals surface area (Å²) < 4.78 is 2.03. The molecule has 0 aliphatic carbocycles. The Morgan fingerprint density at radius 1 is 1.21 bits per heavy atom. The monoisotopic (exact) mass is 392 g/mol. The number of benzene rings is 2. The fourth-order valence-electron chi connectivity index (χ4n) is 3.05. The molecular weight excluding hydrogens is 376 g/mol. The van der Waals surface area contributed by atoms with E-state index in [1.54, 1.807) is 30.4 Å². The number of nitrogens with one attached hydrogen (secondary N) is 1. The predicted octanol–water partition coefficient (Wildman–Crippen LogP) is 4.84. The van der Waals surface area contributed by atoms with Gasteiger partial charge in [0.25, 0.3) is 11.6 Å². The highest BCUT2D eigenvalue weighted by Gasteiger charge is 2.18. The number of fused-ring (bicyclic) bond motifs is 1. The van der Waals surface area contributed by atoms with Crippen molar-refractivity contribution in [1.82, 2.24) is 9.38 Å². The Hall–Kier alpha value is -3.52. The normalized spacial score (nSPS) is 10.9. The first-order chi connectivity index (χ1) is 13.4. The van der Waals surface area contributed by atoms with Gasteiger partial charge in [-0.15, -0.1) is 11.3 Å². The van der Waals surface area contributed by atoms with Crippen LogP contribution in [0.15, 0.2) is 54.0 Å². The molecule has 0 fully saturated rings. The predicted molar refractivity (Wildman–Crippen MR) is 109 cm³/mol. The van der Waals surface area contributed by atoms with Crippen molar-refractivity contribution in [2.45, 2.75) is 13.8 Å². The first kappa shape index (κ1) is 17.9. The van der Waals surface area contributed by atoms with Crippen LogP contribution in [0.25, 0.3) is 16.2 Å². The Morgan fingerprint density at radius 3 is 2.75 bits per heavy atom. The Morgan fingerprint density at radius 2 is 2.00 bits per heavy atom. The highest BCUT2D eigenvalue weighted by atomic mass is 32.1. The zero-order valence-corrected chi connectivity index (χ0v) is 16.0. The van der Waals surface area contributed by atoms with E-state index in [1.165, 1.54) is 12.1 Å². The number of nitro benzene ring substituents is 1. The number of anilines is 1. The number of hydrogen-bond donors (Lipinski definition) is 1. The maximum atomic E-state index is 12.6. The molecule has 28 heavy (non-hydrogen) atoms. The van der Waals surface area contributed by atoms with Gasteiger partial charge in [-0.25, -0.2) is 4.98 Å². The molecule has 0 saturated heterocycles. The van der Waals surface area contributed by atoms with Gasteiger partial charge in [0.1, 0.15) is 0 Å². The van der Waals surface area contributed by atoms with Crippen LogP contribution >= 0.6 is 11.3 Å². The van der Waals surface area contributed by atoms with Gasteiger partial charge in [-0.05, 0) is 32.0 Å². The molecule has 2 heterocycles. The Balaban J connectivity index is 1.62. The second-order valence-electron chi connectivity index (χ2n) is 6.40. The van der Waals surface area contributed by atoms with Gasteiger partial charge in [0, 0.05) is 45.7 Å². The topological polar surface area (TPSA) is 89.5 Å². The molecule has 1 amide bonds. The molecule has 0 aliphatic rings. The van der Waals surface area contributed by atoms with E-state index in [-0.39, 0.29) is 17.2 Å². The van der Waals surface area contributed by atoms with Crippen molar-refractivity contribution >= 4 is 33.6 Å². The van der Waals surface area contributed by atoms with Gasteiger partial charge in [-0.2, -0.15) is 0 Å². The summed E-state index contributed by atoms with van der Waals surface area (Å²) in [5.41, 5.74) is 3.95. The van der Waals surface area contributed by atoms with Gasteiger partial charge >= 0.3 is 0 Å². The van der Waals surface area contributed by atoms with E-state index in [9.17, 15) is 14.9 Å². The maximum absolute atomic E-state index is 12.6. The van der Waals surface area contributed by atoms with Crippen molar-refractivity contribution in [1.29, 1.82) is 0 Å². The molecule has 1 N–H and O–H groups in total. The van der Waals surface area contributed by atoms with Crippen LogP contribution < -0.4 is 5.32 Å². The lowest BCUT2D eigenvalue weighted by molar-refractivity contribution is -0.385. The quantitative estimate of drug-likeness (QED) is 0.397. The standard InChI is InChI=1S/C20H16N4O3S/c1-12-11-28-20-22-17(10-23(12)20)14-5-3-6-15(9-14)21-19(25)16-7-4-8-18(13(16)2)24(26)27/h3-11H,1-2H3,(H,21,25). The number of aromatic nitrogens is 2. The van der Waals surface area contributed by atoms with E-state index in [2.05, 4.69) is 10.3 Å². The molecule has 0 aliphatic heterocycles. The minimum atomic E-state index is -0.487. The van der Waals surface area contributed by atoms with Crippen LogP contribution in [0, 0.1) is 24.0 Å². The lowest BCUT2D eigenvalue weighted by Crippen LogP contribution is -2.14. The van der Waals surface area contributed by atoms with Gasteiger partial charge in [0.15, 0.2) is 4.96 Å². The molecule has 0 saturated carbocycles. The molecule has 2 aromatic carbocycles. The zero-order chi connectivity index (χ0) is 19.8. The van der Waals surface area contributed by atoms with Crippen LogP contribution in [-0.4, -0.2) is 20.2 Å². The van der Waals surface area contributed by atoms with E-state index in [0.717, 1.165) is 21.9 Å². The second-order valence-corrected chi connectivity index (χ2v) is 7.23. The van der Waals surface area contributed by atoms with Crippen molar-refractivity contribution < 1.29 is 9.72 Å². The summed E-state index contributed by atoms with van der Waals surface area (Å²) in [5.74, 6) is -0.389. The van der Waals surface area contributed by atoms with Gasteiger partial charge in [0.05, 0.1) is 10.6 Å². The molecule has 8 heteroatoms. The molecular formula is C20H16N4O3S. The number of rotatable bonds is 4. The fourth-order valence-corrected chi connectivity index (χ4v) is 3.91. The molecule has 0 radical (unpaired) electrons. The lowest BCUT2D eigenvalue weighted by atomic mass is 10.1. The number of aryl methyl sites for hydroxylation is 1. The summed E-state index contributed by atoms with van der Waals surface area (Å²) in [6, 6.07) is 11.9. The summed E-state index contributed by atoms with van der Waals surface area (Å²) >= 11 is 1.57. The molecule has 0 atom stereocenters. The minimum absolute atomic E-state index is 0.0742. The van der Waals surface area contributed by atoms with Crippen LogP contribution in [0.5, 0.6) is 0 Å². The number of hydrogen-bond acceptors (Lipinski definition) is 5. The van der Waals surface area contributed by atoms with Gasteiger partial charge < -0.3 is 5.32 Å². The average Bonchev–Trinajstić information content (AvgIpc) is 3.24. The first-order valence-electron chi connectivity index (χ1n) is 8.53. The van der Waals surface area contributed by atoms with Crippen LogP contribution in [0.2, 0.25) is 0 Å². The van der Waals surface area contributed by atoms with E-state index < -0.39 is 4.92 Å². The number of carbonyl (C=O) groups is 1. The molecule has 7 nitrogen and oxygen atoms in total. The Labute approximate surface area is 164 Å². The van der Waals surface area contributed by atoms with Gasteiger partial charge in [-0.3, -0.25) is 19.3 Å². The Bertz CT molecular complexity index is 1230. The van der Waals surface area contributed by atoms with Crippen molar-refractivity contribution in [3.63, 3.8) is 0 Å². The van der Waals surface area contributed by atoms with E-state index >= 15 is 0 Å². The van der Waals surface area contributed by atoms with Crippen molar-refractivity contribution in [3.8, 4) is 11.3 Å². The largest absolute Gasteiger partial charge is 0.322 e. The van der Waals surface area contributed by atoms with Gasteiger partial charge in [-0.1, -0.05) is 18.2 Å². The highest BCUT2D eigenvalue weighted by molar-refractivity contribution is 7.15. The maximum Gasteiger partial charge on any atom is 0.273 e. The number of nitro groups is 1. The van der Waals surface area contributed by atoms with Crippen LogP contribution in [0.4, 0.5) is 11.4 Å². The SMILES string of the molecule is Cc1c(C(=O)Nc2cccc(-c3cn4c(C)csc4n3)c2)cccc1[N+](=O)[O-]. The molecule has 0 bridgehead atoms. The van der Waals surface area contributed by atoms with Crippen LogP contribution in [-0.2, 0) is 0 Å². The molecule has 4 rings (SSSR count). The summed E-state index contributed by atoms with van der Waals surface area (Å²) in [4.78, 5) is 28.8. The molecule has 2 aromatic heterocycles. The summed E-state index contributed by atoms with van der Waals surface area (Å²) in [7, 11) is 0. The van der Waals surface area contributed by atoms with Crippen LogP contribution in [0.1, 0.15) is 21.6 Å². The third-order valence-electron chi connectivity index (χ3n) is 4.55. The number of carbonyl (C=O) groups excluding carboxylic acids is 1. The van der Waals surface area contributed by atoms with Crippen LogP contribution in [0.3, 0.4) is 0 Å². The fraction of sp³-hybridized carbons (Fsp3) is 0.100. The summed E-state index contributed by atoms with van der Waals surface area (Å²) in [6.45, 7) is 3.59. The summed E-state index contributed by atoms with van der Waals surface area (Å²) in [5, 5.41) is 16.0. The molecule has 140 valence electrons. The molecule has 0 unspecified atom stereocenters. The minimum Gasteiger partial charge on any atom is -0.322 e. The second kappa shape index (κ2) is 6.90. The third kappa shape index (κ3) is 3.14. The zero-order valence-electron chi connectivity index (χ0n) is 15.2. The number of nitrogens with zero attached hydrogens (tertiary/aromatic N) is 3. The highest BCUT2D eigenvalue weighted by Crippen LogP contribution is 2.26. The van der Waals surface area contributed by atoms with E-state index in [0.29, 0.717) is 11.3 Å². The Kier molecular flexibility index (Phi) is 4.40. The first-order valence-corrected chi connectivity index (χ1v) is 9.41. The van der Waals surface area contributed by atoms with Crippen molar-refractivity contribution in [3.05, 3.63) is 81.0 Å². The molecule has 0 spiro atoms. The van der Waals surface area contributed by atoms with E-state index in [4.69, 9.17) is 0 Å². The number of imidazole rings is 1. The average molecular weight is 392 g/mol. The lowest BCUT2D eigenvalue weighted by Gasteiger charge is -2.09. The van der Waals surface area contributed by atoms with Crippen molar-refractivity contribution in [2.75, 3.05) is 5.32 Å². The van der Waals surface area contributed by atoms with E-state index in [1.807, 2.05) is 41.1 Å². The van der Waals surface area contributed by atoms with Gasteiger partial charge in [0.2, 0.25) is 0 Å². The van der Waals surface area contributed by atoms with Crippen molar-refractivity contribution in [2.24, 2.45) is 0 Å². The number of amides is 1. The molecule has 4 aromatic rings. The summed E-state index contributed by atoms with van der Waals surface area (Å²) in [6.07, 6.45) is 1.97.